The van der Waals surface area contributed by atoms with Crippen LogP contribution in [0.25, 0.3) is 21.6 Å². The summed E-state index contributed by atoms with van der Waals surface area (Å²) in [5.41, 5.74) is 8.81. The number of thiazole rings is 1. The first kappa shape index (κ1) is 52.2. The summed E-state index contributed by atoms with van der Waals surface area (Å²) in [7, 11) is 1.76. The van der Waals surface area contributed by atoms with Crippen LogP contribution in [0.4, 0.5) is 0 Å². The average Bonchev–Trinajstić information content (AvgIpc) is 4.20. The van der Waals surface area contributed by atoms with E-state index in [1.807, 2.05) is 105 Å². The fourth-order valence-electron chi connectivity index (χ4n) is 9.44. The number of aryl methyl sites for hydroxylation is 1. The summed E-state index contributed by atoms with van der Waals surface area (Å²) >= 11 is 1.56. The van der Waals surface area contributed by atoms with E-state index in [4.69, 9.17) is 18.7 Å². The van der Waals surface area contributed by atoms with E-state index in [1.165, 1.54) is 5.57 Å². The minimum absolute atomic E-state index is 0.0155. The van der Waals surface area contributed by atoms with Crippen LogP contribution >= 0.6 is 11.3 Å². The Morgan fingerprint density at radius 2 is 1.64 bits per heavy atom. The van der Waals surface area contributed by atoms with Crippen molar-refractivity contribution in [2.45, 2.75) is 83.9 Å². The Hall–Kier alpha value is -7.14. The van der Waals surface area contributed by atoms with E-state index in [0.717, 1.165) is 50.4 Å². The van der Waals surface area contributed by atoms with E-state index in [2.05, 4.69) is 39.5 Å². The van der Waals surface area contributed by atoms with Gasteiger partial charge < -0.3 is 44.1 Å². The Kier molecular flexibility index (Phi) is 16.9. The van der Waals surface area contributed by atoms with Gasteiger partial charge in [-0.15, -0.1) is 11.3 Å². The van der Waals surface area contributed by atoms with Gasteiger partial charge in [0.2, 0.25) is 11.8 Å². The number of amides is 3. The summed E-state index contributed by atoms with van der Waals surface area (Å²) in [6.45, 7) is 11.3. The molecule has 0 radical (unpaired) electrons. The van der Waals surface area contributed by atoms with Crippen LogP contribution in [-0.2, 0) is 24.7 Å². The van der Waals surface area contributed by atoms with Crippen LogP contribution in [0.15, 0.2) is 124 Å². The quantitative estimate of drug-likeness (QED) is 0.0433. The van der Waals surface area contributed by atoms with Crippen LogP contribution in [0.1, 0.15) is 93.0 Å². The lowest BCUT2D eigenvalue weighted by Crippen LogP contribution is -2.51. The van der Waals surface area contributed by atoms with Gasteiger partial charge in [-0.05, 0) is 101 Å². The Labute approximate surface area is 430 Å². The number of hydrogen-bond donors (Lipinski definition) is 3. The van der Waals surface area contributed by atoms with Gasteiger partial charge in [-0.2, -0.15) is 4.99 Å². The number of phenols is 1. The Morgan fingerprint density at radius 3 is 2.32 bits per heavy atom. The van der Waals surface area contributed by atoms with Gasteiger partial charge in [-0.25, -0.2) is 4.98 Å². The second-order valence-electron chi connectivity index (χ2n) is 19.0. The highest BCUT2D eigenvalue weighted by atomic mass is 32.1. The number of rotatable bonds is 22. The van der Waals surface area contributed by atoms with Crippen molar-refractivity contribution in [2.75, 3.05) is 46.6 Å². The number of aliphatic hydroxyl groups is 1. The van der Waals surface area contributed by atoms with Crippen molar-refractivity contribution in [3.8, 4) is 27.8 Å². The second-order valence-corrected chi connectivity index (χ2v) is 19.8. The predicted octanol–water partition coefficient (Wildman–Crippen LogP) is 9.04. The van der Waals surface area contributed by atoms with Crippen LogP contribution in [0.2, 0.25) is 0 Å². The molecule has 2 aliphatic heterocycles. The van der Waals surface area contributed by atoms with Gasteiger partial charge in [0.1, 0.15) is 42.0 Å². The Morgan fingerprint density at radius 1 is 0.932 bits per heavy atom. The number of aliphatic hydroxyl groups excluding tert-OH is 1. The number of carbonyl (C=O) groups excluding carboxylic acids is 3. The molecule has 0 aliphatic carbocycles. The molecule has 4 atom stereocenters. The van der Waals surface area contributed by atoms with Crippen LogP contribution in [0.3, 0.4) is 0 Å². The maximum absolute atomic E-state index is 14.4. The highest BCUT2D eigenvalue weighted by Gasteiger charge is 2.48. The first-order valence-corrected chi connectivity index (χ1v) is 25.7. The lowest BCUT2D eigenvalue weighted by molar-refractivity contribution is -0.134. The Balaban J connectivity index is 0.761. The van der Waals surface area contributed by atoms with Crippen molar-refractivity contribution in [3.63, 3.8) is 0 Å². The zero-order valence-corrected chi connectivity index (χ0v) is 43.1. The average molecular weight is 1010 g/mol. The molecule has 1 fully saturated rings. The molecule has 0 unspecified atom stereocenters. The standard InChI is InChI=1S/C57H64N6O9S/c1-7-46(38-12-9-8-10-13-38)52(39-17-23-43(64)24-18-39)40-19-25-45(26-20-40)70-29-27-62(6)50(66)14-11-28-69-30-31-71-49-33-48(72-61-49)51(36(2)3)55(67)63-34-44(65)32-47(63)54-59-56(68)57(5,60-54)42-21-15-41(16-22-42)53-37(4)58-35-73-53/h8-10,12-13,15-26,33,35-36,44,47,51,64-65H,7,11,14,27-32,34H2,1-6H3,(H,59,60,68)/b52-46+/t44-,47-,51-,57-/m1/s1. The van der Waals surface area contributed by atoms with Crippen LogP contribution < -0.4 is 14.8 Å². The first-order chi connectivity index (χ1) is 35.2. The molecule has 382 valence electrons. The fourth-order valence-corrected chi connectivity index (χ4v) is 10.2. The highest BCUT2D eigenvalue weighted by molar-refractivity contribution is 7.13. The Bertz CT molecular complexity index is 2900. The first-order valence-electron chi connectivity index (χ1n) is 24.9. The maximum atomic E-state index is 14.4. The summed E-state index contributed by atoms with van der Waals surface area (Å²) in [6, 6.07) is 34.2. The van der Waals surface area contributed by atoms with Gasteiger partial charge in [0.15, 0.2) is 5.76 Å². The third kappa shape index (κ3) is 12.2. The summed E-state index contributed by atoms with van der Waals surface area (Å²) in [6.07, 6.45) is 1.07. The SMILES string of the molecule is CC/C(=C(/c1ccc(O)cc1)c1ccc(OCCN(C)C(=O)CCCOCCOc2cc([C@H](C(=O)N3C[C@H](O)C[C@@H]3C3=NC(=O)[C@@](C)(c4ccc(-c5scnc5C)cc4)N3)C(C)C)on2)cc1)c1ccccc1. The zero-order valence-electron chi connectivity index (χ0n) is 42.2. The molecule has 1 saturated heterocycles. The minimum Gasteiger partial charge on any atom is -0.508 e. The minimum atomic E-state index is -1.15. The molecule has 8 rings (SSSR count). The lowest BCUT2D eigenvalue weighted by Gasteiger charge is -2.31. The van der Waals surface area contributed by atoms with Crippen LogP contribution in [-0.4, -0.2) is 112 Å². The number of β-amino-alcohol motifs (C(OH)–C–C–N with tert-alkyl or cyclic N) is 1. The smallest absolute Gasteiger partial charge is 0.277 e. The van der Waals surface area contributed by atoms with Gasteiger partial charge >= 0.3 is 0 Å². The topological polar surface area (TPSA) is 189 Å². The number of likely N-dealkylation sites (N-methyl/N-ethyl adjacent to an activating group) is 1. The number of carbonyl (C=O) groups is 3. The highest BCUT2D eigenvalue weighted by Crippen LogP contribution is 2.38. The second kappa shape index (κ2) is 23.6. The summed E-state index contributed by atoms with van der Waals surface area (Å²) in [5.74, 6) is 0.150. The largest absolute Gasteiger partial charge is 0.508 e. The van der Waals surface area contributed by atoms with Crippen molar-refractivity contribution in [3.05, 3.63) is 148 Å². The predicted molar refractivity (Wildman–Crippen MR) is 281 cm³/mol. The molecule has 15 nitrogen and oxygen atoms in total. The van der Waals surface area contributed by atoms with Gasteiger partial charge in [-0.1, -0.05) is 99.6 Å². The molecule has 4 heterocycles. The molecule has 0 bridgehead atoms. The number of amidine groups is 1. The molecule has 2 aliphatic rings. The van der Waals surface area contributed by atoms with E-state index in [1.54, 1.807) is 53.3 Å². The molecule has 2 aromatic heterocycles. The maximum Gasteiger partial charge on any atom is 0.277 e. The number of aromatic nitrogens is 2. The van der Waals surface area contributed by atoms with Crippen LogP contribution in [0.5, 0.6) is 17.4 Å². The van der Waals surface area contributed by atoms with Crippen molar-refractivity contribution in [2.24, 2.45) is 10.9 Å². The van der Waals surface area contributed by atoms with Gasteiger partial charge in [0.25, 0.3) is 11.8 Å². The molecular formula is C57H64N6O9S. The zero-order chi connectivity index (χ0) is 51.6. The number of hydrogen-bond acceptors (Lipinski definition) is 13. The number of allylic oxidation sites excluding steroid dienone is 1. The van der Waals surface area contributed by atoms with E-state index in [9.17, 15) is 24.6 Å². The lowest BCUT2D eigenvalue weighted by atomic mass is 9.88. The number of benzene rings is 4. The third-order valence-electron chi connectivity index (χ3n) is 13.5. The summed E-state index contributed by atoms with van der Waals surface area (Å²) < 4.78 is 23.3. The molecule has 0 saturated carbocycles. The number of aromatic hydroxyl groups is 1. The van der Waals surface area contributed by atoms with Gasteiger partial charge in [0.05, 0.1) is 41.4 Å². The molecular weight excluding hydrogens is 945 g/mol. The van der Waals surface area contributed by atoms with E-state index in [-0.39, 0.29) is 61.4 Å². The number of nitrogens with zero attached hydrogens (tertiary/aromatic N) is 5. The molecule has 6 aromatic rings. The van der Waals surface area contributed by atoms with E-state index in [0.29, 0.717) is 49.9 Å². The molecule has 16 heteroatoms. The molecule has 3 amide bonds. The third-order valence-corrected chi connectivity index (χ3v) is 14.5. The number of aliphatic imine (C=N–C) groups is 1. The number of nitrogens with one attached hydrogen (secondary N) is 1. The fraction of sp³-hybridized carbons (Fsp3) is 0.368. The molecule has 73 heavy (non-hydrogen) atoms. The van der Waals surface area contributed by atoms with Crippen LogP contribution in [0, 0.1) is 12.8 Å². The normalized spacial score (nSPS) is 18.3. The van der Waals surface area contributed by atoms with Gasteiger partial charge in [-0.3, -0.25) is 14.4 Å². The van der Waals surface area contributed by atoms with E-state index < -0.39 is 23.6 Å². The van der Waals surface area contributed by atoms with E-state index >= 15 is 0 Å². The van der Waals surface area contributed by atoms with Crippen molar-refractivity contribution >= 4 is 46.0 Å². The monoisotopic (exact) mass is 1010 g/mol. The van der Waals surface area contributed by atoms with Crippen molar-refractivity contribution < 1.29 is 43.3 Å². The number of phenolic OH excluding ortho intramolecular Hbond substituents is 1. The molecule has 0 spiro atoms. The van der Waals surface area contributed by atoms with Crippen molar-refractivity contribution in [1.82, 2.24) is 25.3 Å². The molecule has 3 N–H and O–H groups in total. The number of likely N-dealkylation sites (tertiary alicyclic amines) is 1. The number of ether oxygens (including phenoxy) is 3. The summed E-state index contributed by atoms with van der Waals surface area (Å²) in [5, 5.41) is 28.2. The van der Waals surface area contributed by atoms with Crippen molar-refractivity contribution in [1.29, 1.82) is 0 Å². The van der Waals surface area contributed by atoms with Gasteiger partial charge in [0, 0.05) is 39.1 Å². The molecule has 4 aromatic carbocycles. The summed E-state index contributed by atoms with van der Waals surface area (Å²) in [4.78, 5) is 53.9.